The van der Waals surface area contributed by atoms with E-state index < -0.39 is 12.6 Å². The molecule has 4 heterocycles. The van der Waals surface area contributed by atoms with Gasteiger partial charge in [0.2, 0.25) is 0 Å². The number of fused-ring (bicyclic) bond motifs is 3. The number of pyridine rings is 1. The van der Waals surface area contributed by atoms with Gasteiger partial charge in [0.05, 0.1) is 22.1 Å². The third kappa shape index (κ3) is 2.98. The smallest absolute Gasteiger partial charge is 0.280 e. The van der Waals surface area contributed by atoms with E-state index in [1.54, 1.807) is 17.9 Å². The molecule has 1 aliphatic rings. The lowest BCUT2D eigenvalue weighted by atomic mass is 10.0. The van der Waals surface area contributed by atoms with Crippen LogP contribution in [0.1, 0.15) is 33.7 Å². The molecule has 152 valence electrons. The Bertz CT molecular complexity index is 1270. The largest absolute Gasteiger partial charge is 0.358 e. The van der Waals surface area contributed by atoms with Gasteiger partial charge >= 0.3 is 0 Å². The van der Waals surface area contributed by atoms with Crippen molar-refractivity contribution in [1.29, 1.82) is 0 Å². The van der Waals surface area contributed by atoms with Gasteiger partial charge in [0.15, 0.2) is 0 Å². The molecule has 0 bridgehead atoms. The summed E-state index contributed by atoms with van der Waals surface area (Å²) in [6.45, 7) is 0. The summed E-state index contributed by atoms with van der Waals surface area (Å²) in [5.74, 6) is -0.289. The highest BCUT2D eigenvalue weighted by Crippen LogP contribution is 2.45. The first kappa shape index (κ1) is 19.1. The first-order chi connectivity index (χ1) is 14.4. The molecule has 6 nitrogen and oxygen atoms in total. The standard InChI is InChI=1S/C20H14BrF2N5OS/c1-28-15(11(21)8-24-28)18-26-14-13-10(9-5-3-2-4-6-9)7-12(17(22)23)25-20(13)30-16(14)19(29)27-18/h2-8,17-18,26H,1H3,(H,27,29)/t18-/m0/s1. The van der Waals surface area contributed by atoms with Crippen LogP contribution in [-0.4, -0.2) is 20.7 Å². The summed E-state index contributed by atoms with van der Waals surface area (Å²) in [6, 6.07) is 10.7. The van der Waals surface area contributed by atoms with Gasteiger partial charge in [-0.2, -0.15) is 5.10 Å². The van der Waals surface area contributed by atoms with Crippen LogP contribution in [0.2, 0.25) is 0 Å². The Hall–Kier alpha value is -2.85. The number of anilines is 1. The van der Waals surface area contributed by atoms with Crippen LogP contribution in [0.25, 0.3) is 21.3 Å². The molecule has 1 aliphatic heterocycles. The number of halogens is 3. The Morgan fingerprint density at radius 1 is 1.23 bits per heavy atom. The maximum atomic E-state index is 13.5. The lowest BCUT2D eigenvalue weighted by Gasteiger charge is -2.27. The van der Waals surface area contributed by atoms with Crippen molar-refractivity contribution in [3.8, 4) is 11.1 Å². The number of nitrogens with one attached hydrogen (secondary N) is 2. The highest BCUT2D eigenvalue weighted by Gasteiger charge is 2.33. The van der Waals surface area contributed by atoms with Crippen molar-refractivity contribution in [3.63, 3.8) is 0 Å². The van der Waals surface area contributed by atoms with Crippen molar-refractivity contribution in [1.82, 2.24) is 20.1 Å². The third-order valence-electron chi connectivity index (χ3n) is 4.97. The van der Waals surface area contributed by atoms with Gasteiger partial charge in [-0.25, -0.2) is 13.8 Å². The van der Waals surface area contributed by atoms with Gasteiger partial charge in [0.25, 0.3) is 12.3 Å². The molecule has 0 aliphatic carbocycles. The number of carbonyl (C=O) groups excluding carboxylic acids is 1. The molecule has 1 atom stereocenters. The second-order valence-corrected chi connectivity index (χ2v) is 8.65. The van der Waals surface area contributed by atoms with E-state index in [1.165, 1.54) is 6.07 Å². The molecule has 30 heavy (non-hydrogen) atoms. The van der Waals surface area contributed by atoms with E-state index in [9.17, 15) is 13.6 Å². The fourth-order valence-electron chi connectivity index (χ4n) is 3.63. The van der Waals surface area contributed by atoms with Gasteiger partial charge in [-0.05, 0) is 33.1 Å². The van der Waals surface area contributed by atoms with Crippen molar-refractivity contribution < 1.29 is 13.6 Å². The van der Waals surface area contributed by atoms with E-state index in [-0.39, 0.29) is 11.6 Å². The van der Waals surface area contributed by atoms with Crippen molar-refractivity contribution in [3.05, 3.63) is 63.3 Å². The summed E-state index contributed by atoms with van der Waals surface area (Å²) < 4.78 is 29.4. The van der Waals surface area contributed by atoms with E-state index in [4.69, 9.17) is 0 Å². The van der Waals surface area contributed by atoms with Crippen molar-refractivity contribution in [2.75, 3.05) is 5.32 Å². The third-order valence-corrected chi connectivity index (χ3v) is 6.67. The van der Waals surface area contributed by atoms with Crippen LogP contribution >= 0.6 is 27.3 Å². The SMILES string of the molecule is Cn1ncc(Br)c1[C@@H]1NC(=O)c2sc3nc(C(F)F)cc(-c4ccccc4)c3c2N1. The molecule has 0 fully saturated rings. The first-order valence-electron chi connectivity index (χ1n) is 9.00. The average molecular weight is 490 g/mol. The Balaban J connectivity index is 1.75. The Labute approximate surface area is 182 Å². The number of alkyl halides is 2. The summed E-state index contributed by atoms with van der Waals surface area (Å²) >= 11 is 4.56. The summed E-state index contributed by atoms with van der Waals surface area (Å²) in [5, 5.41) is 11.1. The lowest BCUT2D eigenvalue weighted by Crippen LogP contribution is -2.38. The van der Waals surface area contributed by atoms with Gasteiger partial charge in [0.1, 0.15) is 21.6 Å². The van der Waals surface area contributed by atoms with E-state index in [0.717, 1.165) is 27.1 Å². The van der Waals surface area contributed by atoms with Crippen LogP contribution in [-0.2, 0) is 7.05 Å². The molecule has 1 aromatic carbocycles. The highest BCUT2D eigenvalue weighted by atomic mass is 79.9. The van der Waals surface area contributed by atoms with Crippen LogP contribution in [0, 0.1) is 0 Å². The van der Waals surface area contributed by atoms with Crippen LogP contribution in [0.5, 0.6) is 0 Å². The highest BCUT2D eigenvalue weighted by molar-refractivity contribution is 9.10. The minimum Gasteiger partial charge on any atom is -0.358 e. The number of amides is 1. The Kier molecular flexibility index (Phi) is 4.55. The van der Waals surface area contributed by atoms with Crippen molar-refractivity contribution in [2.24, 2.45) is 7.05 Å². The number of rotatable bonds is 3. The predicted molar refractivity (Wildman–Crippen MR) is 115 cm³/mol. The van der Waals surface area contributed by atoms with Crippen LogP contribution < -0.4 is 10.6 Å². The van der Waals surface area contributed by atoms with Crippen molar-refractivity contribution >= 4 is 49.1 Å². The molecule has 5 rings (SSSR count). The molecule has 3 aromatic heterocycles. The fourth-order valence-corrected chi connectivity index (χ4v) is 5.28. The molecular formula is C20H14BrF2N5OS. The maximum absolute atomic E-state index is 13.5. The molecule has 1 amide bonds. The normalized spacial score (nSPS) is 15.9. The summed E-state index contributed by atoms with van der Waals surface area (Å²) in [7, 11) is 1.78. The van der Waals surface area contributed by atoms with Gasteiger partial charge < -0.3 is 10.6 Å². The maximum Gasteiger partial charge on any atom is 0.280 e. The lowest BCUT2D eigenvalue weighted by molar-refractivity contribution is 0.0938. The predicted octanol–water partition coefficient (Wildman–Crippen LogP) is 5.25. The van der Waals surface area contributed by atoms with Gasteiger partial charge in [-0.1, -0.05) is 30.3 Å². The van der Waals surface area contributed by atoms with E-state index in [1.807, 2.05) is 30.3 Å². The zero-order valence-corrected chi connectivity index (χ0v) is 17.9. The number of hydrogen-bond acceptors (Lipinski definition) is 5. The molecule has 10 heteroatoms. The summed E-state index contributed by atoms with van der Waals surface area (Å²) in [4.78, 5) is 17.8. The van der Waals surface area contributed by atoms with Crippen molar-refractivity contribution in [2.45, 2.75) is 12.6 Å². The minimum atomic E-state index is -2.71. The molecule has 0 unspecified atom stereocenters. The van der Waals surface area contributed by atoms with Gasteiger partial charge in [-0.3, -0.25) is 9.48 Å². The monoisotopic (exact) mass is 489 g/mol. The second kappa shape index (κ2) is 7.13. The molecule has 2 N–H and O–H groups in total. The topological polar surface area (TPSA) is 71.8 Å². The second-order valence-electron chi connectivity index (χ2n) is 6.80. The summed E-state index contributed by atoms with van der Waals surface area (Å²) in [5.41, 5.74) is 2.40. The molecule has 0 saturated heterocycles. The molecular weight excluding hydrogens is 476 g/mol. The molecule has 0 spiro atoms. The van der Waals surface area contributed by atoms with Crippen LogP contribution in [0.3, 0.4) is 0 Å². The fraction of sp³-hybridized carbons (Fsp3) is 0.150. The first-order valence-corrected chi connectivity index (χ1v) is 10.6. The van der Waals surface area contributed by atoms with Crippen LogP contribution in [0.15, 0.2) is 47.1 Å². The number of aromatic nitrogens is 3. The number of carbonyl (C=O) groups is 1. The van der Waals surface area contributed by atoms with E-state index in [0.29, 0.717) is 26.3 Å². The number of aryl methyl sites for hydroxylation is 1. The zero-order valence-electron chi connectivity index (χ0n) is 15.5. The van der Waals surface area contributed by atoms with Crippen LogP contribution in [0.4, 0.5) is 14.5 Å². The zero-order chi connectivity index (χ0) is 21.0. The van der Waals surface area contributed by atoms with Gasteiger partial charge in [0, 0.05) is 12.4 Å². The van der Waals surface area contributed by atoms with E-state index >= 15 is 0 Å². The quantitative estimate of drug-likeness (QED) is 0.412. The molecule has 4 aromatic rings. The number of thiophene rings is 1. The minimum absolute atomic E-state index is 0.289. The Morgan fingerprint density at radius 2 is 2.00 bits per heavy atom. The number of hydrogen-bond donors (Lipinski definition) is 2. The molecule has 0 saturated carbocycles. The Morgan fingerprint density at radius 3 is 2.67 bits per heavy atom. The number of nitrogens with zero attached hydrogens (tertiary/aromatic N) is 3. The average Bonchev–Trinajstić information content (AvgIpc) is 3.27. The van der Waals surface area contributed by atoms with E-state index in [2.05, 4.69) is 36.6 Å². The van der Waals surface area contributed by atoms with Gasteiger partial charge in [-0.15, -0.1) is 11.3 Å². The number of benzene rings is 1. The summed E-state index contributed by atoms with van der Waals surface area (Å²) in [6.07, 6.45) is -1.60. The molecule has 0 radical (unpaired) electrons.